The molecule has 3 nitrogen and oxygen atoms in total. The number of carboxylic acid groups (broad SMARTS) is 1. The maximum Gasteiger partial charge on any atom is 0.311 e. The summed E-state index contributed by atoms with van der Waals surface area (Å²) in [5.74, 6) is -1.32. The van der Waals surface area contributed by atoms with Crippen molar-refractivity contribution < 1.29 is 14.6 Å². The largest absolute Gasteiger partial charge is 0.481 e. The van der Waals surface area contributed by atoms with Crippen molar-refractivity contribution in [2.75, 3.05) is 13.2 Å². The Morgan fingerprint density at radius 1 is 1.41 bits per heavy atom. The first-order valence-corrected chi connectivity index (χ1v) is 6.51. The van der Waals surface area contributed by atoms with E-state index in [-0.39, 0.29) is 0 Å². The van der Waals surface area contributed by atoms with E-state index in [2.05, 4.69) is 15.9 Å². The van der Waals surface area contributed by atoms with E-state index in [4.69, 9.17) is 4.74 Å². The number of hydrogen-bond donors (Lipinski definition) is 1. The van der Waals surface area contributed by atoms with Gasteiger partial charge in [-0.05, 0) is 24.5 Å². The monoisotopic (exact) mass is 300 g/mol. The fraction of sp³-hybridized carbons (Fsp3) is 0.462. The van der Waals surface area contributed by atoms with Gasteiger partial charge in [-0.1, -0.05) is 41.1 Å². The fourth-order valence-corrected chi connectivity index (χ4v) is 2.18. The highest BCUT2D eigenvalue weighted by Gasteiger charge is 2.21. The summed E-state index contributed by atoms with van der Waals surface area (Å²) in [4.78, 5) is 11.2. The highest BCUT2D eigenvalue weighted by molar-refractivity contribution is 9.10. The van der Waals surface area contributed by atoms with Crippen LogP contribution in [-0.2, 0) is 9.53 Å². The number of benzene rings is 1. The van der Waals surface area contributed by atoms with Crippen LogP contribution in [0.15, 0.2) is 28.7 Å². The van der Waals surface area contributed by atoms with E-state index < -0.39 is 11.9 Å². The molecule has 0 amide bonds. The Morgan fingerprint density at radius 2 is 2.12 bits per heavy atom. The van der Waals surface area contributed by atoms with E-state index in [0.29, 0.717) is 19.6 Å². The van der Waals surface area contributed by atoms with Gasteiger partial charge in [-0.2, -0.15) is 0 Å². The van der Waals surface area contributed by atoms with Gasteiger partial charge in [-0.25, -0.2) is 0 Å². The molecule has 0 spiro atoms. The predicted molar refractivity (Wildman–Crippen MR) is 70.2 cm³/mol. The molecule has 4 heteroatoms. The lowest BCUT2D eigenvalue weighted by Crippen LogP contribution is -2.15. The second-order valence-corrected chi connectivity index (χ2v) is 4.67. The molecule has 1 aromatic carbocycles. The van der Waals surface area contributed by atoms with Gasteiger partial charge in [-0.3, -0.25) is 4.79 Å². The van der Waals surface area contributed by atoms with E-state index >= 15 is 0 Å². The van der Waals surface area contributed by atoms with Crippen LogP contribution >= 0.6 is 15.9 Å². The zero-order valence-electron chi connectivity index (χ0n) is 9.86. The van der Waals surface area contributed by atoms with Crippen LogP contribution in [0, 0.1) is 0 Å². The summed E-state index contributed by atoms with van der Waals surface area (Å²) in [6, 6.07) is 7.42. The maximum absolute atomic E-state index is 11.2. The Bertz CT molecular complexity index is 365. The molecule has 0 bridgehead atoms. The van der Waals surface area contributed by atoms with Gasteiger partial charge in [0.25, 0.3) is 0 Å². The number of aliphatic carboxylic acids is 1. The Kier molecular flexibility index (Phi) is 6.22. The molecular formula is C13H17BrO3. The molecule has 0 fully saturated rings. The van der Waals surface area contributed by atoms with Crippen molar-refractivity contribution in [3.8, 4) is 0 Å². The molecular weight excluding hydrogens is 284 g/mol. The van der Waals surface area contributed by atoms with Crippen molar-refractivity contribution in [2.24, 2.45) is 0 Å². The van der Waals surface area contributed by atoms with Crippen LogP contribution in [0.2, 0.25) is 0 Å². The van der Waals surface area contributed by atoms with Crippen molar-refractivity contribution in [3.05, 3.63) is 34.3 Å². The van der Waals surface area contributed by atoms with Crippen molar-refractivity contribution in [2.45, 2.75) is 25.7 Å². The molecule has 1 N–H and O–H groups in total. The molecule has 1 unspecified atom stereocenters. The van der Waals surface area contributed by atoms with E-state index in [9.17, 15) is 9.90 Å². The number of halogens is 1. The molecule has 1 aromatic rings. The number of hydrogen-bond acceptors (Lipinski definition) is 2. The quantitative estimate of drug-likeness (QED) is 0.785. The summed E-state index contributed by atoms with van der Waals surface area (Å²) < 4.78 is 6.18. The molecule has 1 atom stereocenters. The molecule has 0 aliphatic heterocycles. The lowest BCUT2D eigenvalue weighted by Gasteiger charge is -2.14. The minimum Gasteiger partial charge on any atom is -0.481 e. The first kappa shape index (κ1) is 14.2. The molecule has 0 heterocycles. The van der Waals surface area contributed by atoms with E-state index in [1.54, 1.807) is 0 Å². The van der Waals surface area contributed by atoms with Crippen molar-refractivity contribution >= 4 is 21.9 Å². The third-order valence-electron chi connectivity index (χ3n) is 2.48. The molecule has 0 radical (unpaired) electrons. The van der Waals surface area contributed by atoms with Gasteiger partial charge in [0.1, 0.15) is 0 Å². The number of carboxylic acids is 1. The highest BCUT2D eigenvalue weighted by Crippen LogP contribution is 2.27. The summed E-state index contributed by atoms with van der Waals surface area (Å²) >= 11 is 3.38. The molecule has 0 saturated heterocycles. The van der Waals surface area contributed by atoms with Crippen LogP contribution < -0.4 is 0 Å². The van der Waals surface area contributed by atoms with Crippen LogP contribution in [0.1, 0.15) is 31.2 Å². The highest BCUT2D eigenvalue weighted by atomic mass is 79.9. The Morgan fingerprint density at radius 3 is 2.71 bits per heavy atom. The summed E-state index contributed by atoms with van der Waals surface area (Å²) in [7, 11) is 0. The average Bonchev–Trinajstić information content (AvgIpc) is 2.30. The van der Waals surface area contributed by atoms with Crippen LogP contribution in [0.4, 0.5) is 0 Å². The zero-order chi connectivity index (χ0) is 12.7. The van der Waals surface area contributed by atoms with Crippen LogP contribution in [-0.4, -0.2) is 24.3 Å². The Balaban J connectivity index is 2.66. The zero-order valence-corrected chi connectivity index (χ0v) is 11.4. The minimum absolute atomic E-state index is 0.478. The van der Waals surface area contributed by atoms with E-state index in [1.165, 1.54) is 0 Å². The van der Waals surface area contributed by atoms with Gasteiger partial charge in [0, 0.05) is 17.7 Å². The summed E-state index contributed by atoms with van der Waals surface area (Å²) in [6.07, 6.45) is 1.45. The SMILES string of the molecule is CCCOCCC(C(=O)O)c1ccccc1Br. The molecule has 1 rings (SSSR count). The van der Waals surface area contributed by atoms with Gasteiger partial charge in [0.15, 0.2) is 0 Å². The maximum atomic E-state index is 11.2. The van der Waals surface area contributed by atoms with E-state index in [0.717, 1.165) is 16.5 Å². The number of ether oxygens (including phenoxy) is 1. The second-order valence-electron chi connectivity index (χ2n) is 3.81. The topological polar surface area (TPSA) is 46.5 Å². The smallest absolute Gasteiger partial charge is 0.311 e. The van der Waals surface area contributed by atoms with Gasteiger partial charge in [0.05, 0.1) is 5.92 Å². The number of carbonyl (C=O) groups is 1. The molecule has 94 valence electrons. The van der Waals surface area contributed by atoms with Crippen molar-refractivity contribution in [1.29, 1.82) is 0 Å². The standard InChI is InChI=1S/C13H17BrO3/c1-2-8-17-9-7-11(13(15)16)10-5-3-4-6-12(10)14/h3-6,11H,2,7-9H2,1H3,(H,15,16). The molecule has 0 aromatic heterocycles. The third-order valence-corrected chi connectivity index (χ3v) is 3.20. The van der Waals surface area contributed by atoms with Gasteiger partial charge in [-0.15, -0.1) is 0 Å². The predicted octanol–water partition coefficient (Wildman–Crippen LogP) is 3.43. The minimum atomic E-state index is -0.808. The summed E-state index contributed by atoms with van der Waals surface area (Å²) in [5, 5.41) is 9.23. The van der Waals surface area contributed by atoms with Gasteiger partial charge < -0.3 is 9.84 Å². The average molecular weight is 301 g/mol. The first-order chi connectivity index (χ1) is 8.16. The van der Waals surface area contributed by atoms with Crippen LogP contribution in [0.3, 0.4) is 0 Å². The normalized spacial score (nSPS) is 12.4. The molecule has 0 aliphatic rings. The first-order valence-electron chi connectivity index (χ1n) is 5.71. The van der Waals surface area contributed by atoms with Gasteiger partial charge in [0.2, 0.25) is 0 Å². The fourth-order valence-electron chi connectivity index (χ4n) is 1.62. The Labute approximate surface area is 110 Å². The summed E-state index contributed by atoms with van der Waals surface area (Å²) in [6.45, 7) is 3.19. The van der Waals surface area contributed by atoms with Crippen LogP contribution in [0.5, 0.6) is 0 Å². The van der Waals surface area contributed by atoms with Gasteiger partial charge >= 0.3 is 5.97 Å². The number of rotatable bonds is 7. The lowest BCUT2D eigenvalue weighted by atomic mass is 9.96. The van der Waals surface area contributed by atoms with Crippen molar-refractivity contribution in [1.82, 2.24) is 0 Å². The third kappa shape index (κ3) is 4.48. The molecule has 0 saturated carbocycles. The molecule has 0 aliphatic carbocycles. The van der Waals surface area contributed by atoms with Crippen LogP contribution in [0.25, 0.3) is 0 Å². The molecule has 17 heavy (non-hydrogen) atoms. The lowest BCUT2D eigenvalue weighted by molar-refractivity contribution is -0.139. The van der Waals surface area contributed by atoms with Crippen molar-refractivity contribution in [3.63, 3.8) is 0 Å². The van der Waals surface area contributed by atoms with E-state index in [1.807, 2.05) is 31.2 Å². The Hall–Kier alpha value is -0.870. The summed E-state index contributed by atoms with van der Waals surface area (Å²) in [5.41, 5.74) is 0.806. The second kappa shape index (κ2) is 7.45.